The van der Waals surface area contributed by atoms with Crippen LogP contribution in [0.2, 0.25) is 0 Å². The highest BCUT2D eigenvalue weighted by Crippen LogP contribution is 2.26. The van der Waals surface area contributed by atoms with E-state index >= 15 is 0 Å². The molecule has 1 aliphatic heterocycles. The Labute approximate surface area is 143 Å². The first-order chi connectivity index (χ1) is 11.6. The van der Waals surface area contributed by atoms with Gasteiger partial charge in [-0.15, -0.1) is 0 Å². The molecule has 1 aliphatic carbocycles. The molecule has 5 nitrogen and oxygen atoms in total. The first-order valence-corrected chi connectivity index (χ1v) is 8.81. The standard InChI is InChI=1S/C19H25N3O2/c1-13-16-10-6-7-11-17(16)22(19(24)14(2)20-13)12-18(23)21-15-8-4-3-5-9-15/h6-7,10-11,14-15H,3-5,8-9,12H2,1-2H3,(H,21,23)/t14-/m1/s1. The summed E-state index contributed by atoms with van der Waals surface area (Å²) in [7, 11) is 0. The predicted molar refractivity (Wildman–Crippen MR) is 95.5 cm³/mol. The molecule has 0 spiro atoms. The van der Waals surface area contributed by atoms with Gasteiger partial charge >= 0.3 is 0 Å². The summed E-state index contributed by atoms with van der Waals surface area (Å²) in [6.45, 7) is 3.75. The zero-order valence-electron chi connectivity index (χ0n) is 14.4. The molecule has 24 heavy (non-hydrogen) atoms. The molecule has 2 aliphatic rings. The Bertz CT molecular complexity index is 662. The van der Waals surface area contributed by atoms with Gasteiger partial charge in [0.25, 0.3) is 5.91 Å². The van der Waals surface area contributed by atoms with Crippen molar-refractivity contribution in [1.29, 1.82) is 0 Å². The Morgan fingerprint density at radius 3 is 2.71 bits per heavy atom. The fraction of sp³-hybridized carbons (Fsp3) is 0.526. The number of rotatable bonds is 3. The summed E-state index contributed by atoms with van der Waals surface area (Å²) in [6, 6.07) is 7.43. The van der Waals surface area contributed by atoms with E-state index in [1.807, 2.05) is 31.2 Å². The van der Waals surface area contributed by atoms with E-state index in [1.54, 1.807) is 11.8 Å². The van der Waals surface area contributed by atoms with Crippen molar-refractivity contribution >= 4 is 23.2 Å². The first kappa shape index (κ1) is 16.7. The number of anilines is 1. The van der Waals surface area contributed by atoms with Crippen molar-refractivity contribution in [2.24, 2.45) is 4.99 Å². The number of nitrogens with zero attached hydrogens (tertiary/aromatic N) is 2. The van der Waals surface area contributed by atoms with Gasteiger partial charge in [0.05, 0.1) is 5.69 Å². The highest BCUT2D eigenvalue weighted by molar-refractivity contribution is 6.13. The number of carbonyl (C=O) groups is 2. The maximum atomic E-state index is 12.7. The molecule has 0 saturated heterocycles. The van der Waals surface area contributed by atoms with Crippen molar-refractivity contribution in [1.82, 2.24) is 5.32 Å². The average Bonchev–Trinajstić information content (AvgIpc) is 2.67. The summed E-state index contributed by atoms with van der Waals surface area (Å²) in [6.07, 6.45) is 5.66. The van der Waals surface area contributed by atoms with Crippen LogP contribution in [-0.2, 0) is 9.59 Å². The fourth-order valence-electron chi connectivity index (χ4n) is 3.60. The van der Waals surface area contributed by atoms with Gasteiger partial charge in [0.15, 0.2) is 0 Å². The van der Waals surface area contributed by atoms with Gasteiger partial charge in [-0.1, -0.05) is 37.5 Å². The normalized spacial score (nSPS) is 21.8. The summed E-state index contributed by atoms with van der Waals surface area (Å²) < 4.78 is 0. The fourth-order valence-corrected chi connectivity index (χ4v) is 3.60. The predicted octanol–water partition coefficient (Wildman–Crippen LogP) is 2.68. The van der Waals surface area contributed by atoms with Gasteiger partial charge in [-0.25, -0.2) is 0 Å². The van der Waals surface area contributed by atoms with E-state index in [-0.39, 0.29) is 24.4 Å². The number of hydrogen-bond acceptors (Lipinski definition) is 3. The molecule has 1 fully saturated rings. The van der Waals surface area contributed by atoms with Gasteiger partial charge < -0.3 is 10.2 Å². The molecule has 1 N–H and O–H groups in total. The average molecular weight is 327 g/mol. The zero-order valence-corrected chi connectivity index (χ0v) is 14.4. The van der Waals surface area contributed by atoms with Crippen LogP contribution < -0.4 is 10.2 Å². The Morgan fingerprint density at radius 2 is 1.96 bits per heavy atom. The molecule has 1 aromatic rings. The zero-order chi connectivity index (χ0) is 17.1. The third-order valence-corrected chi connectivity index (χ3v) is 4.87. The van der Waals surface area contributed by atoms with Crippen LogP contribution in [0.25, 0.3) is 0 Å². The number of benzodiazepines with no additional fused rings is 1. The summed E-state index contributed by atoms with van der Waals surface area (Å²) >= 11 is 0. The molecule has 0 bridgehead atoms. The molecular formula is C19H25N3O2. The minimum Gasteiger partial charge on any atom is -0.352 e. The summed E-state index contributed by atoms with van der Waals surface area (Å²) in [4.78, 5) is 31.3. The third-order valence-electron chi connectivity index (χ3n) is 4.87. The Balaban J connectivity index is 1.79. The highest BCUT2D eigenvalue weighted by atomic mass is 16.2. The van der Waals surface area contributed by atoms with E-state index in [0.29, 0.717) is 0 Å². The molecule has 1 heterocycles. The molecule has 0 aromatic heterocycles. The molecule has 0 radical (unpaired) electrons. The minimum atomic E-state index is -0.472. The van der Waals surface area contributed by atoms with Crippen LogP contribution in [-0.4, -0.2) is 36.2 Å². The lowest BCUT2D eigenvalue weighted by Gasteiger charge is -2.27. The lowest BCUT2D eigenvalue weighted by molar-refractivity contribution is -0.124. The van der Waals surface area contributed by atoms with E-state index in [4.69, 9.17) is 0 Å². The van der Waals surface area contributed by atoms with Crippen molar-refractivity contribution in [3.63, 3.8) is 0 Å². The quantitative estimate of drug-likeness (QED) is 0.928. The van der Waals surface area contributed by atoms with Crippen LogP contribution in [0.4, 0.5) is 5.69 Å². The van der Waals surface area contributed by atoms with Crippen molar-refractivity contribution in [3.05, 3.63) is 29.8 Å². The van der Waals surface area contributed by atoms with Gasteiger partial charge in [-0.2, -0.15) is 0 Å². The molecule has 128 valence electrons. The second-order valence-electron chi connectivity index (χ2n) is 6.73. The van der Waals surface area contributed by atoms with Crippen LogP contribution in [0.1, 0.15) is 51.5 Å². The number of amides is 2. The molecule has 1 aromatic carbocycles. The number of aliphatic imine (C=N–C) groups is 1. The molecule has 0 unspecified atom stereocenters. The molecule has 3 rings (SSSR count). The second-order valence-corrected chi connectivity index (χ2v) is 6.73. The Kier molecular flexibility index (Phi) is 4.97. The van der Waals surface area contributed by atoms with Crippen LogP contribution in [0, 0.1) is 0 Å². The lowest BCUT2D eigenvalue weighted by atomic mass is 9.95. The Hall–Kier alpha value is -2.17. The number of para-hydroxylation sites is 1. The van der Waals surface area contributed by atoms with Gasteiger partial charge in [-0.05, 0) is 32.8 Å². The van der Waals surface area contributed by atoms with E-state index in [0.717, 1.165) is 29.8 Å². The van der Waals surface area contributed by atoms with Gasteiger partial charge in [0, 0.05) is 17.3 Å². The summed E-state index contributed by atoms with van der Waals surface area (Å²) in [5.74, 6) is -0.213. The van der Waals surface area contributed by atoms with Crippen LogP contribution in [0.3, 0.4) is 0 Å². The third kappa shape index (κ3) is 3.50. The van der Waals surface area contributed by atoms with E-state index in [2.05, 4.69) is 10.3 Å². The topological polar surface area (TPSA) is 61.8 Å². The SMILES string of the molecule is CC1=N[C@H](C)C(=O)N(CC(=O)NC2CCCCC2)c2ccccc21. The van der Waals surface area contributed by atoms with Crippen molar-refractivity contribution in [2.45, 2.75) is 58.0 Å². The molecule has 1 atom stereocenters. The van der Waals surface area contributed by atoms with Gasteiger partial charge in [0.2, 0.25) is 5.91 Å². The van der Waals surface area contributed by atoms with Gasteiger partial charge in [0.1, 0.15) is 12.6 Å². The minimum absolute atomic E-state index is 0.0550. The number of fused-ring (bicyclic) bond motifs is 1. The van der Waals surface area contributed by atoms with Crippen molar-refractivity contribution in [2.75, 3.05) is 11.4 Å². The smallest absolute Gasteiger partial charge is 0.251 e. The lowest BCUT2D eigenvalue weighted by Crippen LogP contribution is -2.46. The van der Waals surface area contributed by atoms with Crippen LogP contribution >= 0.6 is 0 Å². The molecule has 1 saturated carbocycles. The van der Waals surface area contributed by atoms with E-state index in [1.165, 1.54) is 19.3 Å². The molecule has 2 amide bonds. The number of nitrogens with one attached hydrogen (secondary N) is 1. The number of carbonyl (C=O) groups excluding carboxylic acids is 2. The highest BCUT2D eigenvalue weighted by Gasteiger charge is 2.29. The summed E-state index contributed by atoms with van der Waals surface area (Å²) in [5.41, 5.74) is 2.52. The van der Waals surface area contributed by atoms with Crippen molar-refractivity contribution < 1.29 is 9.59 Å². The van der Waals surface area contributed by atoms with E-state index in [9.17, 15) is 9.59 Å². The van der Waals surface area contributed by atoms with Crippen molar-refractivity contribution in [3.8, 4) is 0 Å². The first-order valence-electron chi connectivity index (χ1n) is 8.81. The summed E-state index contributed by atoms with van der Waals surface area (Å²) in [5, 5.41) is 3.09. The second kappa shape index (κ2) is 7.16. The van der Waals surface area contributed by atoms with E-state index < -0.39 is 6.04 Å². The van der Waals surface area contributed by atoms with Gasteiger partial charge in [-0.3, -0.25) is 14.6 Å². The Morgan fingerprint density at radius 1 is 1.25 bits per heavy atom. The number of hydrogen-bond donors (Lipinski definition) is 1. The largest absolute Gasteiger partial charge is 0.352 e. The number of benzene rings is 1. The molecular weight excluding hydrogens is 302 g/mol. The molecule has 5 heteroatoms. The maximum absolute atomic E-state index is 12.7. The monoisotopic (exact) mass is 327 g/mol. The van der Waals surface area contributed by atoms with Crippen LogP contribution in [0.5, 0.6) is 0 Å². The maximum Gasteiger partial charge on any atom is 0.251 e. The van der Waals surface area contributed by atoms with Crippen LogP contribution in [0.15, 0.2) is 29.3 Å².